The number of fused-ring (bicyclic) bond motifs is 3. The van der Waals surface area contributed by atoms with E-state index >= 15 is 0 Å². The molecule has 0 amide bonds. The molecule has 4 rings (SSSR count). The van der Waals surface area contributed by atoms with E-state index in [1.54, 1.807) is 0 Å². The first-order chi connectivity index (χ1) is 12.1. The van der Waals surface area contributed by atoms with E-state index < -0.39 is 0 Å². The normalized spacial score (nSPS) is 13.8. The molecule has 1 aliphatic carbocycles. The van der Waals surface area contributed by atoms with Gasteiger partial charge in [0.15, 0.2) is 0 Å². The third-order valence-corrected chi connectivity index (χ3v) is 5.26. The van der Waals surface area contributed by atoms with Gasteiger partial charge in [0.2, 0.25) is 0 Å². The van der Waals surface area contributed by atoms with Gasteiger partial charge in [-0.3, -0.25) is 4.90 Å². The van der Waals surface area contributed by atoms with Crippen molar-refractivity contribution in [3.8, 4) is 22.5 Å². The predicted octanol–water partition coefficient (Wildman–Crippen LogP) is 5.24. The van der Waals surface area contributed by atoms with Crippen molar-refractivity contribution < 1.29 is 0 Å². The summed E-state index contributed by atoms with van der Waals surface area (Å²) in [6.45, 7) is 2.21. The summed E-state index contributed by atoms with van der Waals surface area (Å²) in [5, 5.41) is 5.82. The lowest BCUT2D eigenvalue weighted by Gasteiger charge is -2.26. The smallest absolute Gasteiger partial charge is 0.104 e. The van der Waals surface area contributed by atoms with Gasteiger partial charge in [-0.2, -0.15) is 5.10 Å². The molecule has 0 fully saturated rings. The van der Waals surface area contributed by atoms with E-state index in [0.717, 1.165) is 23.6 Å². The Hall–Kier alpha value is -2.10. The summed E-state index contributed by atoms with van der Waals surface area (Å²) in [5.74, 6) is 0. The van der Waals surface area contributed by atoms with Gasteiger partial charge < -0.3 is 0 Å². The van der Waals surface area contributed by atoms with Crippen molar-refractivity contribution >= 4 is 11.6 Å². The predicted molar refractivity (Wildman–Crippen MR) is 104 cm³/mol. The lowest BCUT2D eigenvalue weighted by Crippen LogP contribution is -2.26. The van der Waals surface area contributed by atoms with Crippen LogP contribution in [0.3, 0.4) is 0 Å². The van der Waals surface area contributed by atoms with Gasteiger partial charge in [-0.15, -0.1) is 0 Å². The first-order valence-corrected chi connectivity index (χ1v) is 9.10. The summed E-state index contributed by atoms with van der Waals surface area (Å²) in [4.78, 5) is 2.23. The molecule has 1 heterocycles. The molecular formula is C21H22ClN3. The Kier molecular flexibility index (Phi) is 4.14. The number of nitrogens with zero attached hydrogens (tertiary/aromatic N) is 3. The van der Waals surface area contributed by atoms with Crippen LogP contribution in [0.4, 0.5) is 0 Å². The number of benzene rings is 2. The van der Waals surface area contributed by atoms with E-state index in [1.165, 1.54) is 27.9 Å². The molecule has 0 radical (unpaired) electrons. The zero-order valence-electron chi connectivity index (χ0n) is 14.8. The summed E-state index contributed by atoms with van der Waals surface area (Å²) < 4.78 is 2.20. The Morgan fingerprint density at radius 2 is 1.84 bits per heavy atom. The van der Waals surface area contributed by atoms with Crippen LogP contribution in [0.25, 0.3) is 22.5 Å². The Morgan fingerprint density at radius 3 is 2.52 bits per heavy atom. The number of hydrogen-bond donors (Lipinski definition) is 0. The molecule has 3 nitrogen and oxygen atoms in total. The van der Waals surface area contributed by atoms with Gasteiger partial charge >= 0.3 is 0 Å². The average molecular weight is 352 g/mol. The van der Waals surface area contributed by atoms with Crippen LogP contribution in [0.5, 0.6) is 0 Å². The average Bonchev–Trinajstić information content (AvgIpc) is 3.12. The fourth-order valence-corrected chi connectivity index (χ4v) is 3.96. The molecule has 2 aromatic carbocycles. The molecule has 1 atom stereocenters. The molecule has 3 aromatic rings. The highest BCUT2D eigenvalue weighted by atomic mass is 35.5. The molecule has 0 aliphatic heterocycles. The van der Waals surface area contributed by atoms with Crippen LogP contribution in [0.15, 0.2) is 48.5 Å². The molecule has 1 aromatic heterocycles. The SMILES string of the molecule is CCC(N(C)C)n1nc2c(c1-c1ccc(Cl)cc1)Cc1ccccc1-2. The van der Waals surface area contributed by atoms with Gasteiger partial charge in [-0.25, -0.2) is 4.68 Å². The minimum absolute atomic E-state index is 0.225. The summed E-state index contributed by atoms with van der Waals surface area (Å²) in [5.41, 5.74) is 7.46. The molecule has 0 spiro atoms. The van der Waals surface area contributed by atoms with Crippen molar-refractivity contribution in [3.05, 3.63) is 64.7 Å². The van der Waals surface area contributed by atoms with Crippen LogP contribution in [-0.4, -0.2) is 28.8 Å². The Morgan fingerprint density at radius 1 is 1.12 bits per heavy atom. The molecule has 4 heteroatoms. The highest BCUT2D eigenvalue weighted by Crippen LogP contribution is 2.42. The minimum atomic E-state index is 0.225. The van der Waals surface area contributed by atoms with Crippen LogP contribution < -0.4 is 0 Å². The fraction of sp³-hybridized carbons (Fsp3) is 0.286. The fourth-order valence-electron chi connectivity index (χ4n) is 3.84. The maximum atomic E-state index is 6.11. The van der Waals surface area contributed by atoms with Gasteiger partial charge in [0.05, 0.1) is 11.4 Å². The van der Waals surface area contributed by atoms with Crippen molar-refractivity contribution in [2.45, 2.75) is 25.9 Å². The molecule has 0 saturated heterocycles. The zero-order valence-corrected chi connectivity index (χ0v) is 15.6. The maximum absolute atomic E-state index is 6.11. The standard InChI is InChI=1S/C21H22ClN3/c1-4-19(24(2)3)25-21(14-9-11-16(22)12-10-14)18-13-15-7-5-6-8-17(15)20(18)23-25/h5-12,19H,4,13H2,1-3H3. The third-order valence-electron chi connectivity index (χ3n) is 5.01. The van der Waals surface area contributed by atoms with Crippen molar-refractivity contribution in [1.82, 2.24) is 14.7 Å². The first-order valence-electron chi connectivity index (χ1n) is 8.72. The maximum Gasteiger partial charge on any atom is 0.104 e. The Bertz CT molecular complexity index is 909. The number of halogens is 1. The van der Waals surface area contributed by atoms with Crippen LogP contribution in [0.2, 0.25) is 5.02 Å². The van der Waals surface area contributed by atoms with E-state index in [0.29, 0.717) is 0 Å². The van der Waals surface area contributed by atoms with Gasteiger partial charge in [0.25, 0.3) is 0 Å². The second-order valence-electron chi connectivity index (χ2n) is 6.81. The molecule has 1 unspecified atom stereocenters. The minimum Gasteiger partial charge on any atom is -0.288 e. The van der Waals surface area contributed by atoms with E-state index in [9.17, 15) is 0 Å². The topological polar surface area (TPSA) is 21.1 Å². The van der Waals surface area contributed by atoms with Crippen LogP contribution in [0, 0.1) is 0 Å². The summed E-state index contributed by atoms with van der Waals surface area (Å²) >= 11 is 6.11. The number of hydrogen-bond acceptors (Lipinski definition) is 2. The third kappa shape index (κ3) is 2.68. The second kappa shape index (κ2) is 6.32. The zero-order chi connectivity index (χ0) is 17.6. The van der Waals surface area contributed by atoms with E-state index in [1.807, 2.05) is 12.1 Å². The summed E-state index contributed by atoms with van der Waals surface area (Å²) in [7, 11) is 4.22. The molecular weight excluding hydrogens is 330 g/mol. The molecule has 0 saturated carbocycles. The molecule has 1 aliphatic rings. The van der Waals surface area contributed by atoms with Crippen LogP contribution >= 0.6 is 11.6 Å². The van der Waals surface area contributed by atoms with Crippen LogP contribution in [0.1, 0.15) is 30.6 Å². The Balaban J connectivity index is 1.95. The molecule has 128 valence electrons. The highest BCUT2D eigenvalue weighted by Gasteiger charge is 2.30. The molecule has 25 heavy (non-hydrogen) atoms. The van der Waals surface area contributed by atoms with E-state index in [-0.39, 0.29) is 6.17 Å². The first kappa shape index (κ1) is 16.4. The van der Waals surface area contributed by atoms with E-state index in [2.05, 4.69) is 67.0 Å². The monoisotopic (exact) mass is 351 g/mol. The van der Waals surface area contributed by atoms with Gasteiger partial charge in [0.1, 0.15) is 6.17 Å². The number of aromatic nitrogens is 2. The lowest BCUT2D eigenvalue weighted by molar-refractivity contribution is 0.196. The Labute approximate surface area is 153 Å². The van der Waals surface area contributed by atoms with Crippen molar-refractivity contribution in [2.75, 3.05) is 14.1 Å². The van der Waals surface area contributed by atoms with Crippen molar-refractivity contribution in [2.24, 2.45) is 0 Å². The second-order valence-corrected chi connectivity index (χ2v) is 7.25. The van der Waals surface area contributed by atoms with Crippen molar-refractivity contribution in [1.29, 1.82) is 0 Å². The lowest BCUT2D eigenvalue weighted by atomic mass is 10.0. The molecule has 0 N–H and O–H groups in total. The number of rotatable bonds is 4. The molecule has 0 bridgehead atoms. The van der Waals surface area contributed by atoms with Gasteiger partial charge in [-0.05, 0) is 38.2 Å². The quantitative estimate of drug-likeness (QED) is 0.501. The van der Waals surface area contributed by atoms with E-state index in [4.69, 9.17) is 16.7 Å². The summed E-state index contributed by atoms with van der Waals surface area (Å²) in [6, 6.07) is 16.7. The largest absolute Gasteiger partial charge is 0.288 e. The van der Waals surface area contributed by atoms with Gasteiger partial charge in [-0.1, -0.05) is 54.9 Å². The van der Waals surface area contributed by atoms with Crippen LogP contribution in [-0.2, 0) is 6.42 Å². The highest BCUT2D eigenvalue weighted by molar-refractivity contribution is 6.30. The van der Waals surface area contributed by atoms with Gasteiger partial charge in [0, 0.05) is 28.1 Å². The van der Waals surface area contributed by atoms with Crippen molar-refractivity contribution in [3.63, 3.8) is 0 Å². The summed E-state index contributed by atoms with van der Waals surface area (Å²) in [6.07, 6.45) is 2.16.